The van der Waals surface area contributed by atoms with Crippen molar-refractivity contribution in [1.82, 2.24) is 10.3 Å². The number of carbonyl (C=O) groups is 2. The predicted octanol–water partition coefficient (Wildman–Crippen LogP) is 5.79. The van der Waals surface area contributed by atoms with Gasteiger partial charge in [0.05, 0.1) is 47.6 Å². The summed E-state index contributed by atoms with van der Waals surface area (Å²) in [4.78, 5) is 31.0. The summed E-state index contributed by atoms with van der Waals surface area (Å²) in [7, 11) is 0. The van der Waals surface area contributed by atoms with Crippen molar-refractivity contribution < 1.29 is 19.1 Å². The largest absolute Gasteiger partial charge is 0.463 e. The van der Waals surface area contributed by atoms with E-state index in [0.717, 1.165) is 11.3 Å². The molecular weight excluding hydrogens is 500 g/mol. The van der Waals surface area contributed by atoms with Crippen LogP contribution in [-0.2, 0) is 19.1 Å². The smallest absolute Gasteiger partial charge is 0.336 e. The predicted molar refractivity (Wildman–Crippen MR) is 147 cm³/mol. The minimum absolute atomic E-state index is 0.205. The number of benzene rings is 2. The maximum absolute atomic E-state index is 13.2. The van der Waals surface area contributed by atoms with Gasteiger partial charge in [0.2, 0.25) is 0 Å². The lowest BCUT2D eigenvalue weighted by atomic mass is 9.79. The average molecular weight is 529 g/mol. The van der Waals surface area contributed by atoms with E-state index in [1.54, 1.807) is 39.8 Å². The summed E-state index contributed by atoms with van der Waals surface area (Å²) in [5.41, 5.74) is 5.60. The highest BCUT2D eigenvalue weighted by molar-refractivity contribution is 7.14. The molecule has 0 amide bonds. The zero-order chi connectivity index (χ0) is 27.2. The molecule has 0 bridgehead atoms. The average Bonchev–Trinajstić information content (AvgIpc) is 3.37. The molecule has 1 aliphatic rings. The second-order valence-corrected chi connectivity index (χ2v) is 9.37. The standard InChI is InChI=1S/C29H28N4O4S/c1-5-36-27(34)24-17(3)31-18(4)25(28(35)37-6-2)26(24)21-9-7-8-10-22(21)32-29-33-23(16-38-29)20-13-11-19(15-30)12-14-20/h7-14,16,26,31H,5-6H2,1-4H3,(H,32,33). The third-order valence-electron chi connectivity index (χ3n) is 6.08. The summed E-state index contributed by atoms with van der Waals surface area (Å²) in [6, 6.07) is 16.9. The monoisotopic (exact) mass is 528 g/mol. The van der Waals surface area contributed by atoms with Crippen molar-refractivity contribution in [2.75, 3.05) is 18.5 Å². The molecule has 0 spiro atoms. The number of nitrogens with one attached hydrogen (secondary N) is 2. The van der Waals surface area contributed by atoms with Crippen molar-refractivity contribution >= 4 is 34.1 Å². The SMILES string of the molecule is CCOC(=O)C1=C(C)NC(C)=C(C(=O)OCC)C1c1ccccc1Nc1nc(-c2ccc(C#N)cc2)cs1. The highest BCUT2D eigenvalue weighted by Gasteiger charge is 2.39. The van der Waals surface area contributed by atoms with Crippen LogP contribution in [0.3, 0.4) is 0 Å². The second kappa shape index (κ2) is 11.8. The van der Waals surface area contributed by atoms with E-state index in [2.05, 4.69) is 16.7 Å². The number of nitrogens with zero attached hydrogens (tertiary/aromatic N) is 2. The number of nitriles is 1. The molecule has 1 aromatic heterocycles. The maximum atomic E-state index is 13.2. The fourth-order valence-corrected chi connectivity index (χ4v) is 5.15. The zero-order valence-electron chi connectivity index (χ0n) is 21.6. The molecule has 8 nitrogen and oxygen atoms in total. The first kappa shape index (κ1) is 26.6. The third kappa shape index (κ3) is 5.45. The molecule has 2 heterocycles. The molecule has 0 radical (unpaired) electrons. The fourth-order valence-electron chi connectivity index (χ4n) is 4.42. The van der Waals surface area contributed by atoms with Crippen molar-refractivity contribution in [2.45, 2.75) is 33.6 Å². The molecule has 0 saturated carbocycles. The highest BCUT2D eigenvalue weighted by atomic mass is 32.1. The Kier molecular flexibility index (Phi) is 8.24. The molecular formula is C29H28N4O4S. The fraction of sp³-hybridized carbons (Fsp3) is 0.241. The van der Waals surface area contributed by atoms with Gasteiger partial charge in [-0.15, -0.1) is 11.3 Å². The van der Waals surface area contributed by atoms with Crippen LogP contribution in [0, 0.1) is 11.3 Å². The van der Waals surface area contributed by atoms with Gasteiger partial charge in [-0.2, -0.15) is 5.26 Å². The maximum Gasteiger partial charge on any atom is 0.336 e. The summed E-state index contributed by atoms with van der Waals surface area (Å²) in [6.45, 7) is 7.50. The van der Waals surface area contributed by atoms with Gasteiger partial charge in [-0.25, -0.2) is 14.6 Å². The molecule has 3 aromatic rings. The number of para-hydroxylation sites is 1. The van der Waals surface area contributed by atoms with Crippen molar-refractivity contribution in [3.63, 3.8) is 0 Å². The van der Waals surface area contributed by atoms with Gasteiger partial charge in [0.15, 0.2) is 5.13 Å². The summed E-state index contributed by atoms with van der Waals surface area (Å²) in [5.74, 6) is -1.70. The minimum Gasteiger partial charge on any atom is -0.463 e. The van der Waals surface area contributed by atoms with E-state index in [1.165, 1.54) is 11.3 Å². The lowest BCUT2D eigenvalue weighted by molar-refractivity contribution is -0.139. The van der Waals surface area contributed by atoms with Gasteiger partial charge in [0.1, 0.15) is 0 Å². The summed E-state index contributed by atoms with van der Waals surface area (Å²) >= 11 is 1.43. The van der Waals surface area contributed by atoms with Gasteiger partial charge < -0.3 is 20.1 Å². The third-order valence-corrected chi connectivity index (χ3v) is 6.84. The van der Waals surface area contributed by atoms with Crippen molar-refractivity contribution in [2.24, 2.45) is 0 Å². The molecule has 0 aliphatic carbocycles. The lowest BCUT2D eigenvalue weighted by Crippen LogP contribution is -2.32. The topological polar surface area (TPSA) is 113 Å². The van der Waals surface area contributed by atoms with Gasteiger partial charge in [-0.1, -0.05) is 30.3 Å². The Morgan fingerprint density at radius 1 is 1.00 bits per heavy atom. The number of hydrogen-bond donors (Lipinski definition) is 2. The molecule has 0 fully saturated rings. The molecule has 0 unspecified atom stereocenters. The van der Waals surface area contributed by atoms with Crippen molar-refractivity contribution in [3.8, 4) is 17.3 Å². The van der Waals surface area contributed by atoms with E-state index in [1.807, 2.05) is 41.8 Å². The molecule has 38 heavy (non-hydrogen) atoms. The van der Waals surface area contributed by atoms with E-state index < -0.39 is 17.9 Å². The highest BCUT2D eigenvalue weighted by Crippen LogP contribution is 2.43. The van der Waals surface area contributed by atoms with E-state index in [-0.39, 0.29) is 13.2 Å². The number of aromatic nitrogens is 1. The second-order valence-electron chi connectivity index (χ2n) is 8.52. The van der Waals surface area contributed by atoms with Gasteiger partial charge >= 0.3 is 11.9 Å². The summed E-state index contributed by atoms with van der Waals surface area (Å²) in [6.07, 6.45) is 0. The normalized spacial score (nSPS) is 13.6. The molecule has 4 rings (SSSR count). The molecule has 2 aromatic carbocycles. The van der Waals surface area contributed by atoms with E-state index in [9.17, 15) is 9.59 Å². The van der Waals surface area contributed by atoms with Crippen molar-refractivity contribution in [1.29, 1.82) is 5.26 Å². The van der Waals surface area contributed by atoms with Crippen LogP contribution in [0.4, 0.5) is 10.8 Å². The number of dihydropyridines is 1. The number of rotatable bonds is 8. The van der Waals surface area contributed by atoms with Crippen LogP contribution < -0.4 is 10.6 Å². The first-order valence-corrected chi connectivity index (χ1v) is 13.1. The molecule has 0 atom stereocenters. The molecule has 0 saturated heterocycles. The lowest BCUT2D eigenvalue weighted by Gasteiger charge is -2.31. The van der Waals surface area contributed by atoms with Crippen LogP contribution in [0.25, 0.3) is 11.3 Å². The Morgan fingerprint density at radius 3 is 2.18 bits per heavy atom. The summed E-state index contributed by atoms with van der Waals surface area (Å²) in [5, 5.41) is 18.2. The molecule has 194 valence electrons. The number of carbonyl (C=O) groups excluding carboxylic acids is 2. The van der Waals surface area contributed by atoms with Gasteiger partial charge in [-0.3, -0.25) is 0 Å². The van der Waals surface area contributed by atoms with Gasteiger partial charge in [0.25, 0.3) is 0 Å². The van der Waals surface area contributed by atoms with Gasteiger partial charge in [-0.05, 0) is 51.5 Å². The van der Waals surface area contributed by atoms with Crippen LogP contribution in [0.15, 0.2) is 76.5 Å². The molecule has 2 N–H and O–H groups in total. The van der Waals surface area contributed by atoms with E-state index in [4.69, 9.17) is 19.7 Å². The van der Waals surface area contributed by atoms with Crippen LogP contribution in [-0.4, -0.2) is 30.1 Å². The Hall–Kier alpha value is -4.42. The number of esters is 2. The summed E-state index contributed by atoms with van der Waals surface area (Å²) < 4.78 is 10.8. The number of allylic oxidation sites excluding steroid dienone is 2. The molecule has 9 heteroatoms. The van der Waals surface area contributed by atoms with E-state index >= 15 is 0 Å². The van der Waals surface area contributed by atoms with E-state index in [0.29, 0.717) is 44.5 Å². The van der Waals surface area contributed by atoms with Gasteiger partial charge in [0, 0.05) is 28.0 Å². The number of thiazole rings is 1. The Labute approximate surface area is 225 Å². The number of ether oxygens (including phenoxy) is 2. The first-order chi connectivity index (χ1) is 18.4. The zero-order valence-corrected chi connectivity index (χ0v) is 22.4. The number of anilines is 2. The Morgan fingerprint density at radius 2 is 1.61 bits per heavy atom. The van der Waals surface area contributed by atoms with Crippen LogP contribution >= 0.6 is 11.3 Å². The quantitative estimate of drug-likeness (QED) is 0.354. The first-order valence-electron chi connectivity index (χ1n) is 12.2. The van der Waals surface area contributed by atoms with Crippen molar-refractivity contribution in [3.05, 3.63) is 87.6 Å². The van der Waals surface area contributed by atoms with Crippen LogP contribution in [0.1, 0.15) is 44.7 Å². The van der Waals surface area contributed by atoms with Crippen LogP contribution in [0.5, 0.6) is 0 Å². The molecule has 1 aliphatic heterocycles. The van der Waals surface area contributed by atoms with Crippen LogP contribution in [0.2, 0.25) is 0 Å². The Bertz CT molecular complexity index is 1420. The Balaban J connectivity index is 1.76. The number of hydrogen-bond acceptors (Lipinski definition) is 9. The minimum atomic E-state index is -0.712.